The maximum absolute atomic E-state index is 4.43. The summed E-state index contributed by atoms with van der Waals surface area (Å²) in [6.45, 7) is 0. The zero-order valence-electron chi connectivity index (χ0n) is 7.25. The predicted molar refractivity (Wildman–Crippen MR) is 52.7 cm³/mol. The molecule has 0 atom stereocenters. The molecule has 0 unspecified atom stereocenters. The third-order valence-corrected chi connectivity index (χ3v) is 2.31. The number of nitrogens with zero attached hydrogens (tertiary/aromatic N) is 1. The first-order valence-electron chi connectivity index (χ1n) is 4.63. The number of para-hydroxylation sites is 2. The summed E-state index contributed by atoms with van der Waals surface area (Å²) >= 11 is 0. The molecule has 3 nitrogen and oxygen atoms in total. The summed E-state index contributed by atoms with van der Waals surface area (Å²) in [6.07, 6.45) is 2.55. The van der Waals surface area contributed by atoms with Crippen molar-refractivity contribution in [3.05, 3.63) is 24.3 Å². The summed E-state index contributed by atoms with van der Waals surface area (Å²) in [7, 11) is 0. The molecule has 0 bridgehead atoms. The molecule has 2 N–H and O–H groups in total. The lowest BCUT2D eigenvalue weighted by atomic mass is 10.3. The van der Waals surface area contributed by atoms with E-state index in [0.29, 0.717) is 6.04 Å². The van der Waals surface area contributed by atoms with Crippen LogP contribution >= 0.6 is 0 Å². The van der Waals surface area contributed by atoms with Crippen LogP contribution in [0, 0.1) is 0 Å². The van der Waals surface area contributed by atoms with Crippen LogP contribution in [0.5, 0.6) is 0 Å². The maximum Gasteiger partial charge on any atom is 0.201 e. The minimum Gasteiger partial charge on any atom is -0.353 e. The highest BCUT2D eigenvalue weighted by atomic mass is 15.1. The molecule has 1 aliphatic carbocycles. The van der Waals surface area contributed by atoms with E-state index in [1.807, 2.05) is 24.3 Å². The van der Waals surface area contributed by atoms with E-state index in [1.165, 1.54) is 12.8 Å². The predicted octanol–water partition coefficient (Wildman–Crippen LogP) is 2.14. The van der Waals surface area contributed by atoms with Gasteiger partial charge >= 0.3 is 0 Å². The van der Waals surface area contributed by atoms with Gasteiger partial charge in [-0.1, -0.05) is 12.1 Å². The fourth-order valence-corrected chi connectivity index (χ4v) is 1.44. The Hall–Kier alpha value is -1.51. The van der Waals surface area contributed by atoms with E-state index in [2.05, 4.69) is 15.3 Å². The molecule has 2 aromatic rings. The van der Waals surface area contributed by atoms with Crippen molar-refractivity contribution in [2.24, 2.45) is 0 Å². The van der Waals surface area contributed by atoms with Crippen LogP contribution in [0.25, 0.3) is 11.0 Å². The number of benzene rings is 1. The topological polar surface area (TPSA) is 40.7 Å². The van der Waals surface area contributed by atoms with E-state index >= 15 is 0 Å². The van der Waals surface area contributed by atoms with E-state index in [-0.39, 0.29) is 0 Å². The number of nitrogens with one attached hydrogen (secondary N) is 2. The first kappa shape index (κ1) is 6.95. The molecule has 3 heteroatoms. The molecule has 1 fully saturated rings. The fraction of sp³-hybridized carbons (Fsp3) is 0.300. The van der Waals surface area contributed by atoms with Crippen molar-refractivity contribution in [3.8, 4) is 0 Å². The zero-order chi connectivity index (χ0) is 8.67. The highest BCUT2D eigenvalue weighted by Gasteiger charge is 2.21. The van der Waals surface area contributed by atoms with Gasteiger partial charge < -0.3 is 10.3 Å². The van der Waals surface area contributed by atoms with Crippen molar-refractivity contribution in [1.29, 1.82) is 0 Å². The normalized spacial score (nSPS) is 16.3. The standard InChI is InChI=1S/C10H11N3/c1-2-4-9-8(3-1)12-10(13-9)11-7-5-6-7/h1-4,7H,5-6H2,(H2,11,12,13). The molecule has 0 saturated heterocycles. The molecule has 0 amide bonds. The van der Waals surface area contributed by atoms with Gasteiger partial charge in [0.25, 0.3) is 0 Å². The molecular weight excluding hydrogens is 162 g/mol. The number of rotatable bonds is 2. The molecule has 1 heterocycles. The molecule has 1 aromatic heterocycles. The number of hydrogen-bond donors (Lipinski definition) is 2. The summed E-state index contributed by atoms with van der Waals surface area (Å²) < 4.78 is 0. The minimum absolute atomic E-state index is 0.653. The average molecular weight is 173 g/mol. The molecule has 1 aromatic carbocycles. The fourth-order valence-electron chi connectivity index (χ4n) is 1.44. The Kier molecular flexibility index (Phi) is 1.33. The Morgan fingerprint density at radius 2 is 2.15 bits per heavy atom. The zero-order valence-corrected chi connectivity index (χ0v) is 7.25. The Bertz CT molecular complexity index is 395. The Balaban J connectivity index is 2.00. The molecule has 1 saturated carbocycles. The first-order chi connectivity index (χ1) is 6.42. The molecule has 13 heavy (non-hydrogen) atoms. The van der Waals surface area contributed by atoms with Crippen LogP contribution in [0.3, 0.4) is 0 Å². The van der Waals surface area contributed by atoms with Gasteiger partial charge in [-0.2, -0.15) is 0 Å². The number of hydrogen-bond acceptors (Lipinski definition) is 2. The highest BCUT2D eigenvalue weighted by molar-refractivity contribution is 5.77. The third-order valence-electron chi connectivity index (χ3n) is 2.31. The van der Waals surface area contributed by atoms with Gasteiger partial charge in [-0.25, -0.2) is 4.98 Å². The van der Waals surface area contributed by atoms with Crippen LogP contribution in [0.4, 0.5) is 5.95 Å². The molecule has 0 aliphatic heterocycles. The van der Waals surface area contributed by atoms with Gasteiger partial charge in [-0.3, -0.25) is 0 Å². The number of anilines is 1. The van der Waals surface area contributed by atoms with Gasteiger partial charge in [0, 0.05) is 6.04 Å². The summed E-state index contributed by atoms with van der Waals surface area (Å²) in [5, 5.41) is 3.34. The van der Waals surface area contributed by atoms with Crippen molar-refractivity contribution >= 4 is 17.0 Å². The second-order valence-corrected chi connectivity index (χ2v) is 3.52. The summed E-state index contributed by atoms with van der Waals surface area (Å²) in [4.78, 5) is 7.67. The van der Waals surface area contributed by atoms with E-state index in [9.17, 15) is 0 Å². The molecule has 66 valence electrons. The lowest BCUT2D eigenvalue weighted by molar-refractivity contribution is 1.10. The maximum atomic E-state index is 4.43. The van der Waals surface area contributed by atoms with E-state index in [1.54, 1.807) is 0 Å². The molecular formula is C10H11N3. The van der Waals surface area contributed by atoms with E-state index in [0.717, 1.165) is 17.0 Å². The van der Waals surface area contributed by atoms with Crippen molar-refractivity contribution in [2.45, 2.75) is 18.9 Å². The Morgan fingerprint density at radius 3 is 2.92 bits per heavy atom. The molecule has 1 aliphatic rings. The summed E-state index contributed by atoms with van der Waals surface area (Å²) in [5.74, 6) is 0.906. The quantitative estimate of drug-likeness (QED) is 0.730. The average Bonchev–Trinajstić information content (AvgIpc) is 2.85. The number of aromatic amines is 1. The monoisotopic (exact) mass is 173 g/mol. The van der Waals surface area contributed by atoms with Crippen LogP contribution in [-0.4, -0.2) is 16.0 Å². The van der Waals surface area contributed by atoms with Crippen LogP contribution in [-0.2, 0) is 0 Å². The smallest absolute Gasteiger partial charge is 0.201 e. The summed E-state index contributed by atoms with van der Waals surface area (Å²) in [6, 6.07) is 8.73. The number of imidazole rings is 1. The minimum atomic E-state index is 0.653. The van der Waals surface area contributed by atoms with Gasteiger partial charge in [-0.15, -0.1) is 0 Å². The van der Waals surface area contributed by atoms with Gasteiger partial charge in [0.1, 0.15) is 0 Å². The molecule has 0 radical (unpaired) electrons. The number of H-pyrrole nitrogens is 1. The van der Waals surface area contributed by atoms with Crippen LogP contribution < -0.4 is 5.32 Å². The van der Waals surface area contributed by atoms with Crippen LogP contribution in [0.2, 0.25) is 0 Å². The third kappa shape index (κ3) is 1.26. The van der Waals surface area contributed by atoms with Crippen molar-refractivity contribution in [2.75, 3.05) is 5.32 Å². The largest absolute Gasteiger partial charge is 0.353 e. The Morgan fingerprint density at radius 1 is 1.31 bits per heavy atom. The van der Waals surface area contributed by atoms with Crippen molar-refractivity contribution < 1.29 is 0 Å². The second-order valence-electron chi connectivity index (χ2n) is 3.52. The SMILES string of the molecule is c1ccc2[nH]c(NC3CC3)nc2c1. The number of aromatic nitrogens is 2. The Labute approximate surface area is 76.2 Å². The lowest BCUT2D eigenvalue weighted by Gasteiger charge is -1.95. The van der Waals surface area contributed by atoms with Gasteiger partial charge in [0.15, 0.2) is 0 Å². The van der Waals surface area contributed by atoms with Gasteiger partial charge in [0.05, 0.1) is 11.0 Å². The first-order valence-corrected chi connectivity index (χ1v) is 4.63. The van der Waals surface area contributed by atoms with Crippen LogP contribution in [0.15, 0.2) is 24.3 Å². The van der Waals surface area contributed by atoms with E-state index in [4.69, 9.17) is 0 Å². The highest BCUT2D eigenvalue weighted by Crippen LogP contribution is 2.24. The van der Waals surface area contributed by atoms with Crippen LogP contribution in [0.1, 0.15) is 12.8 Å². The van der Waals surface area contributed by atoms with Gasteiger partial charge in [0.2, 0.25) is 5.95 Å². The second kappa shape index (κ2) is 2.49. The molecule has 3 rings (SSSR count). The lowest BCUT2D eigenvalue weighted by Crippen LogP contribution is -2.01. The van der Waals surface area contributed by atoms with Gasteiger partial charge in [-0.05, 0) is 25.0 Å². The van der Waals surface area contributed by atoms with Crippen molar-refractivity contribution in [3.63, 3.8) is 0 Å². The van der Waals surface area contributed by atoms with Crippen molar-refractivity contribution in [1.82, 2.24) is 9.97 Å². The molecule has 0 spiro atoms. The number of fused-ring (bicyclic) bond motifs is 1. The van der Waals surface area contributed by atoms with E-state index < -0.39 is 0 Å². The summed E-state index contributed by atoms with van der Waals surface area (Å²) in [5.41, 5.74) is 2.14.